The van der Waals surface area contributed by atoms with Gasteiger partial charge >= 0.3 is 0 Å². The number of aryl methyl sites for hydroxylation is 1. The average Bonchev–Trinajstić information content (AvgIpc) is 2.54. The van der Waals surface area contributed by atoms with E-state index in [0.717, 1.165) is 17.8 Å². The Balaban J connectivity index is 1.98. The van der Waals surface area contributed by atoms with Crippen LogP contribution < -0.4 is 4.90 Å². The molecule has 2 aromatic carbocycles. The maximum absolute atomic E-state index is 14.7. The summed E-state index contributed by atoms with van der Waals surface area (Å²) < 4.78 is 15.9. The first-order chi connectivity index (χ1) is 11.7. The molecule has 0 spiro atoms. The van der Waals surface area contributed by atoms with Crippen LogP contribution in [0.15, 0.2) is 35.3 Å². The molecule has 0 saturated carbocycles. The summed E-state index contributed by atoms with van der Waals surface area (Å²) in [6, 6.07) is 9.64. The number of nitrogens with zero attached hydrogens (tertiary/aromatic N) is 2. The molecule has 1 aliphatic rings. The number of halogens is 2. The molecule has 1 atom stereocenters. The molecule has 3 rings (SSSR count). The van der Waals surface area contributed by atoms with Gasteiger partial charge in [0.15, 0.2) is 0 Å². The van der Waals surface area contributed by atoms with Crippen molar-refractivity contribution in [3.8, 4) is 0 Å². The standard InChI is InChI=1S/C21H24FIN2/c1-13-8-16(6-7-19(13)23)24-12-15-9-17-14(2)11-21(3,4)25(5)20(17)10-18(15)22/h6-10,12,14H,11H2,1-5H3. The number of rotatable bonds is 2. The Kier molecular flexibility index (Phi) is 4.93. The number of hydrogen-bond donors (Lipinski definition) is 0. The van der Waals surface area contributed by atoms with E-state index in [1.54, 1.807) is 12.3 Å². The first-order valence-corrected chi connectivity index (χ1v) is 9.64. The summed E-state index contributed by atoms with van der Waals surface area (Å²) >= 11 is 2.30. The molecule has 0 bridgehead atoms. The van der Waals surface area contributed by atoms with E-state index in [0.29, 0.717) is 11.5 Å². The van der Waals surface area contributed by atoms with Crippen molar-refractivity contribution in [1.82, 2.24) is 0 Å². The quantitative estimate of drug-likeness (QED) is 0.392. The van der Waals surface area contributed by atoms with E-state index in [9.17, 15) is 4.39 Å². The van der Waals surface area contributed by atoms with Gasteiger partial charge in [-0.3, -0.25) is 4.99 Å². The molecule has 0 aliphatic carbocycles. The van der Waals surface area contributed by atoms with E-state index in [2.05, 4.69) is 60.2 Å². The van der Waals surface area contributed by atoms with Gasteiger partial charge in [-0.1, -0.05) is 6.92 Å². The van der Waals surface area contributed by atoms with E-state index in [1.807, 2.05) is 31.3 Å². The Labute approximate surface area is 163 Å². The van der Waals surface area contributed by atoms with Crippen LogP contribution in [0.4, 0.5) is 15.8 Å². The normalized spacial score (nSPS) is 19.3. The molecule has 0 fully saturated rings. The molecule has 0 radical (unpaired) electrons. The highest BCUT2D eigenvalue weighted by Gasteiger charge is 2.34. The maximum Gasteiger partial charge on any atom is 0.134 e. The fraction of sp³-hybridized carbons (Fsp3) is 0.381. The summed E-state index contributed by atoms with van der Waals surface area (Å²) in [5.41, 5.74) is 4.80. The molecule has 1 aliphatic heterocycles. The van der Waals surface area contributed by atoms with E-state index in [4.69, 9.17) is 0 Å². The Hall–Kier alpha value is -1.43. The lowest BCUT2D eigenvalue weighted by Crippen LogP contribution is -2.45. The zero-order valence-electron chi connectivity index (χ0n) is 15.4. The summed E-state index contributed by atoms with van der Waals surface area (Å²) in [5.74, 6) is 0.177. The maximum atomic E-state index is 14.7. The van der Waals surface area contributed by atoms with Crippen LogP contribution in [0.2, 0.25) is 0 Å². The smallest absolute Gasteiger partial charge is 0.134 e. The van der Waals surface area contributed by atoms with Crippen LogP contribution in [0.5, 0.6) is 0 Å². The molecule has 0 aromatic heterocycles. The second-order valence-corrected chi connectivity index (χ2v) is 8.76. The van der Waals surface area contributed by atoms with E-state index >= 15 is 0 Å². The third-order valence-electron chi connectivity index (χ3n) is 5.25. The first kappa shape index (κ1) is 18.4. The van der Waals surface area contributed by atoms with Crippen LogP contribution in [0.1, 0.15) is 49.8 Å². The van der Waals surface area contributed by atoms with Gasteiger partial charge in [-0.25, -0.2) is 4.39 Å². The van der Waals surface area contributed by atoms with Crippen LogP contribution in [-0.2, 0) is 0 Å². The van der Waals surface area contributed by atoms with Crippen LogP contribution in [-0.4, -0.2) is 18.8 Å². The van der Waals surface area contributed by atoms with Crippen molar-refractivity contribution in [2.75, 3.05) is 11.9 Å². The van der Waals surface area contributed by atoms with Crippen LogP contribution >= 0.6 is 22.6 Å². The van der Waals surface area contributed by atoms with Gasteiger partial charge in [-0.15, -0.1) is 0 Å². The first-order valence-electron chi connectivity index (χ1n) is 8.56. The van der Waals surface area contributed by atoms with Gasteiger partial charge in [-0.05, 0) is 97.2 Å². The fourth-order valence-corrected chi connectivity index (χ4v) is 3.89. The van der Waals surface area contributed by atoms with Gasteiger partial charge in [0.1, 0.15) is 5.82 Å². The minimum atomic E-state index is -0.221. The predicted octanol–water partition coefficient (Wildman–Crippen LogP) is 6.21. The Morgan fingerprint density at radius 1 is 1.28 bits per heavy atom. The lowest BCUT2D eigenvalue weighted by molar-refractivity contribution is 0.394. The molecule has 2 aromatic rings. The molecule has 0 amide bonds. The van der Waals surface area contributed by atoms with Gasteiger partial charge in [0.05, 0.1) is 5.69 Å². The second-order valence-electron chi connectivity index (χ2n) is 7.60. The highest BCUT2D eigenvalue weighted by Crippen LogP contribution is 2.43. The minimum Gasteiger partial charge on any atom is -0.369 e. The Morgan fingerprint density at radius 3 is 2.68 bits per heavy atom. The third kappa shape index (κ3) is 3.59. The lowest BCUT2D eigenvalue weighted by atomic mass is 9.80. The fourth-order valence-electron chi connectivity index (χ4n) is 3.56. The van der Waals surface area contributed by atoms with Crippen molar-refractivity contribution >= 4 is 40.2 Å². The van der Waals surface area contributed by atoms with Crippen molar-refractivity contribution in [2.24, 2.45) is 4.99 Å². The van der Waals surface area contributed by atoms with Crippen molar-refractivity contribution in [1.29, 1.82) is 0 Å². The molecule has 0 saturated heterocycles. The zero-order valence-corrected chi connectivity index (χ0v) is 17.6. The number of hydrogen-bond acceptors (Lipinski definition) is 2. The summed E-state index contributed by atoms with van der Waals surface area (Å²) in [4.78, 5) is 6.67. The van der Waals surface area contributed by atoms with E-state index in [-0.39, 0.29) is 11.4 Å². The predicted molar refractivity (Wildman–Crippen MR) is 113 cm³/mol. The third-order valence-corrected chi connectivity index (χ3v) is 6.46. The monoisotopic (exact) mass is 450 g/mol. The SMILES string of the molecule is Cc1cc(N=Cc2cc3c(cc2F)N(C)C(C)(C)CC3C)ccc1I. The van der Waals surface area contributed by atoms with E-state index in [1.165, 1.54) is 14.7 Å². The highest BCUT2D eigenvalue weighted by molar-refractivity contribution is 14.1. The number of anilines is 1. The zero-order chi connectivity index (χ0) is 18.4. The largest absolute Gasteiger partial charge is 0.369 e. The molecule has 2 nitrogen and oxygen atoms in total. The second kappa shape index (κ2) is 6.71. The molecular weight excluding hydrogens is 426 g/mol. The van der Waals surface area contributed by atoms with Crippen molar-refractivity contribution in [3.05, 3.63) is 56.4 Å². The topological polar surface area (TPSA) is 15.6 Å². The summed E-state index contributed by atoms with van der Waals surface area (Å²) in [5, 5.41) is 0. The van der Waals surface area contributed by atoms with Crippen molar-refractivity contribution in [3.63, 3.8) is 0 Å². The molecule has 25 heavy (non-hydrogen) atoms. The molecule has 1 unspecified atom stereocenters. The van der Waals surface area contributed by atoms with Crippen molar-refractivity contribution < 1.29 is 4.39 Å². The van der Waals surface area contributed by atoms with Crippen molar-refractivity contribution in [2.45, 2.75) is 45.6 Å². The molecule has 4 heteroatoms. The molecular formula is C21H24FIN2. The van der Waals surface area contributed by atoms with Gasteiger partial charge < -0.3 is 4.90 Å². The molecule has 0 N–H and O–H groups in total. The number of benzene rings is 2. The molecule has 132 valence electrons. The Morgan fingerprint density at radius 2 is 2.00 bits per heavy atom. The van der Waals surface area contributed by atoms with Crippen LogP contribution in [0, 0.1) is 16.3 Å². The average molecular weight is 450 g/mol. The van der Waals surface area contributed by atoms with Gasteiger partial charge in [-0.2, -0.15) is 0 Å². The summed E-state index contributed by atoms with van der Waals surface area (Å²) in [6.07, 6.45) is 2.69. The molecule has 1 heterocycles. The van der Waals surface area contributed by atoms with Gasteiger partial charge in [0.2, 0.25) is 0 Å². The van der Waals surface area contributed by atoms with Gasteiger partial charge in [0.25, 0.3) is 0 Å². The number of aliphatic imine (C=N–C) groups is 1. The summed E-state index contributed by atoms with van der Waals surface area (Å²) in [7, 11) is 2.05. The highest BCUT2D eigenvalue weighted by atomic mass is 127. The van der Waals surface area contributed by atoms with Crippen LogP contribution in [0.3, 0.4) is 0 Å². The number of fused-ring (bicyclic) bond motifs is 1. The van der Waals surface area contributed by atoms with Gasteiger partial charge in [0, 0.05) is 33.6 Å². The Bertz CT molecular complexity index is 842. The minimum absolute atomic E-state index is 0.0349. The van der Waals surface area contributed by atoms with E-state index < -0.39 is 0 Å². The summed E-state index contributed by atoms with van der Waals surface area (Å²) in [6.45, 7) is 8.69. The lowest BCUT2D eigenvalue weighted by Gasteiger charge is -2.45. The van der Waals surface area contributed by atoms with Crippen LogP contribution in [0.25, 0.3) is 0 Å².